The molecule has 1 aromatic carbocycles. The lowest BCUT2D eigenvalue weighted by Gasteiger charge is -2.17. The molecule has 7 nitrogen and oxygen atoms in total. The molecule has 0 atom stereocenters. The summed E-state index contributed by atoms with van der Waals surface area (Å²) < 4.78 is 25.9. The van der Waals surface area contributed by atoms with Gasteiger partial charge in [0, 0.05) is 35.8 Å². The minimum atomic E-state index is -3.30. The second kappa shape index (κ2) is 9.54. The van der Waals surface area contributed by atoms with Crippen LogP contribution in [0.2, 0.25) is 5.02 Å². The molecule has 0 saturated heterocycles. The molecule has 2 rings (SSSR count). The van der Waals surface area contributed by atoms with Crippen molar-refractivity contribution in [2.45, 2.75) is 33.4 Å². The first-order valence-corrected chi connectivity index (χ1v) is 11.2. The zero-order valence-corrected chi connectivity index (χ0v) is 18.1. The topological polar surface area (TPSA) is 98.3 Å². The fourth-order valence-electron chi connectivity index (χ4n) is 2.91. The van der Waals surface area contributed by atoms with E-state index in [-0.39, 0.29) is 17.9 Å². The SMILES string of the molecule is Cc1nn(Cc2ccccc2Cl)c(C)c1CN(C)CCS(=O)(=O)CCC(N)=O. The monoisotopic (exact) mass is 426 g/mol. The summed E-state index contributed by atoms with van der Waals surface area (Å²) in [4.78, 5) is 12.7. The summed E-state index contributed by atoms with van der Waals surface area (Å²) >= 11 is 6.25. The highest BCUT2D eigenvalue weighted by Gasteiger charge is 2.17. The van der Waals surface area contributed by atoms with E-state index in [1.807, 2.05) is 54.7 Å². The number of aromatic nitrogens is 2. The van der Waals surface area contributed by atoms with Crippen molar-refractivity contribution in [1.29, 1.82) is 0 Å². The van der Waals surface area contributed by atoms with Crippen molar-refractivity contribution in [3.05, 3.63) is 51.8 Å². The van der Waals surface area contributed by atoms with E-state index in [0.717, 1.165) is 22.5 Å². The zero-order valence-electron chi connectivity index (χ0n) is 16.5. The lowest BCUT2D eigenvalue weighted by molar-refractivity contribution is -0.117. The van der Waals surface area contributed by atoms with E-state index in [4.69, 9.17) is 17.3 Å². The molecule has 9 heteroatoms. The smallest absolute Gasteiger partial charge is 0.218 e. The van der Waals surface area contributed by atoms with Gasteiger partial charge in [-0.25, -0.2) is 8.42 Å². The van der Waals surface area contributed by atoms with Crippen molar-refractivity contribution >= 4 is 27.3 Å². The van der Waals surface area contributed by atoms with Crippen LogP contribution >= 0.6 is 11.6 Å². The molecule has 0 radical (unpaired) electrons. The maximum atomic E-state index is 12.0. The second-order valence-electron chi connectivity index (χ2n) is 7.00. The van der Waals surface area contributed by atoms with Crippen LogP contribution in [0.3, 0.4) is 0 Å². The maximum absolute atomic E-state index is 12.0. The molecule has 0 saturated carbocycles. The van der Waals surface area contributed by atoms with Gasteiger partial charge in [-0.05, 0) is 32.5 Å². The van der Waals surface area contributed by atoms with Gasteiger partial charge in [0.25, 0.3) is 0 Å². The van der Waals surface area contributed by atoms with E-state index in [1.54, 1.807) is 0 Å². The molecule has 2 aromatic rings. The molecule has 0 aliphatic rings. The first-order chi connectivity index (χ1) is 13.1. The number of aryl methyl sites for hydroxylation is 1. The Morgan fingerprint density at radius 2 is 1.93 bits per heavy atom. The first-order valence-electron chi connectivity index (χ1n) is 9.02. The summed E-state index contributed by atoms with van der Waals surface area (Å²) in [6.07, 6.45) is -0.140. The molecule has 154 valence electrons. The highest BCUT2D eigenvalue weighted by atomic mass is 35.5. The van der Waals surface area contributed by atoms with Crippen molar-refractivity contribution in [2.75, 3.05) is 25.1 Å². The van der Waals surface area contributed by atoms with Gasteiger partial charge < -0.3 is 10.6 Å². The van der Waals surface area contributed by atoms with Crippen molar-refractivity contribution in [1.82, 2.24) is 14.7 Å². The molecule has 0 unspecified atom stereocenters. The summed E-state index contributed by atoms with van der Waals surface area (Å²) in [5.74, 6) is -0.818. The third-order valence-corrected chi connectivity index (χ3v) is 6.68. The Hall–Kier alpha value is -1.90. The van der Waals surface area contributed by atoms with E-state index < -0.39 is 15.7 Å². The Balaban J connectivity index is 2.01. The third-order valence-electron chi connectivity index (χ3n) is 4.68. The van der Waals surface area contributed by atoms with E-state index in [1.165, 1.54) is 0 Å². The van der Waals surface area contributed by atoms with Gasteiger partial charge >= 0.3 is 0 Å². The molecule has 28 heavy (non-hydrogen) atoms. The van der Waals surface area contributed by atoms with Crippen LogP contribution < -0.4 is 5.73 Å². The Morgan fingerprint density at radius 1 is 1.25 bits per heavy atom. The Labute approximate surface area is 171 Å². The van der Waals surface area contributed by atoms with Gasteiger partial charge in [0.2, 0.25) is 5.91 Å². The number of hydrogen-bond acceptors (Lipinski definition) is 5. The number of benzene rings is 1. The van der Waals surface area contributed by atoms with Crippen molar-refractivity contribution < 1.29 is 13.2 Å². The zero-order chi connectivity index (χ0) is 20.9. The largest absolute Gasteiger partial charge is 0.370 e. The van der Waals surface area contributed by atoms with Gasteiger partial charge in [-0.15, -0.1) is 0 Å². The van der Waals surface area contributed by atoms with Crippen LogP contribution in [0.5, 0.6) is 0 Å². The lowest BCUT2D eigenvalue weighted by Crippen LogP contribution is -2.28. The molecule has 1 aromatic heterocycles. The number of carbonyl (C=O) groups excluding carboxylic acids is 1. The molecule has 0 bridgehead atoms. The van der Waals surface area contributed by atoms with Gasteiger partial charge in [-0.1, -0.05) is 29.8 Å². The molecular formula is C19H27ClN4O3S. The van der Waals surface area contributed by atoms with Crippen molar-refractivity contribution in [3.8, 4) is 0 Å². The number of halogens is 1. The average molecular weight is 427 g/mol. The van der Waals surface area contributed by atoms with Gasteiger partial charge in [-0.2, -0.15) is 5.10 Å². The molecule has 0 aliphatic heterocycles. The van der Waals surface area contributed by atoms with Gasteiger partial charge in [0.05, 0.1) is 23.7 Å². The predicted octanol–water partition coefficient (Wildman–Crippen LogP) is 1.92. The minimum absolute atomic E-state index is 0.0113. The Morgan fingerprint density at radius 3 is 2.57 bits per heavy atom. The summed E-state index contributed by atoms with van der Waals surface area (Å²) in [6, 6.07) is 7.67. The third kappa shape index (κ3) is 6.32. The second-order valence-corrected chi connectivity index (χ2v) is 9.72. The number of sulfone groups is 1. The van der Waals surface area contributed by atoms with Crippen molar-refractivity contribution in [2.24, 2.45) is 5.73 Å². The van der Waals surface area contributed by atoms with E-state index in [2.05, 4.69) is 5.10 Å². The lowest BCUT2D eigenvalue weighted by atomic mass is 10.2. The molecule has 1 heterocycles. The van der Waals surface area contributed by atoms with E-state index in [0.29, 0.717) is 24.7 Å². The van der Waals surface area contributed by atoms with Gasteiger partial charge in [0.1, 0.15) is 0 Å². The van der Waals surface area contributed by atoms with E-state index >= 15 is 0 Å². The maximum Gasteiger partial charge on any atom is 0.218 e. The van der Waals surface area contributed by atoms with Crippen LogP contribution in [-0.4, -0.2) is 54.1 Å². The molecule has 0 fully saturated rings. The molecule has 1 amide bonds. The average Bonchev–Trinajstić information content (AvgIpc) is 2.88. The van der Waals surface area contributed by atoms with Crippen LogP contribution in [0.25, 0.3) is 0 Å². The minimum Gasteiger partial charge on any atom is -0.370 e. The summed E-state index contributed by atoms with van der Waals surface area (Å²) in [5, 5.41) is 5.32. The van der Waals surface area contributed by atoms with Gasteiger partial charge in [0.15, 0.2) is 9.84 Å². The summed E-state index contributed by atoms with van der Waals surface area (Å²) in [6.45, 7) is 5.49. The highest BCUT2D eigenvalue weighted by molar-refractivity contribution is 7.91. The number of nitrogens with zero attached hydrogens (tertiary/aromatic N) is 3. The fourth-order valence-corrected chi connectivity index (χ4v) is 4.41. The van der Waals surface area contributed by atoms with Gasteiger partial charge in [-0.3, -0.25) is 9.48 Å². The number of amides is 1. The quantitative estimate of drug-likeness (QED) is 0.625. The normalized spacial score (nSPS) is 11.9. The van der Waals surface area contributed by atoms with Crippen LogP contribution in [0, 0.1) is 13.8 Å². The number of carbonyl (C=O) groups is 1. The molecule has 0 spiro atoms. The molecular weight excluding hydrogens is 400 g/mol. The predicted molar refractivity (Wildman–Crippen MR) is 111 cm³/mol. The standard InChI is InChI=1S/C19H27ClN4O3S/c1-14-17(13-23(3)9-11-28(26,27)10-8-19(21)25)15(2)24(22-14)12-16-6-4-5-7-18(16)20/h4-7H,8-13H2,1-3H3,(H2,21,25). The first kappa shape index (κ1) is 22.4. The summed E-state index contributed by atoms with van der Waals surface area (Å²) in [7, 11) is -1.43. The van der Waals surface area contributed by atoms with Crippen LogP contribution in [0.15, 0.2) is 24.3 Å². The Bertz CT molecular complexity index is 941. The van der Waals surface area contributed by atoms with Crippen LogP contribution in [0.4, 0.5) is 0 Å². The molecule has 2 N–H and O–H groups in total. The Kier molecular flexibility index (Phi) is 7.63. The van der Waals surface area contributed by atoms with Crippen molar-refractivity contribution in [3.63, 3.8) is 0 Å². The summed E-state index contributed by atoms with van der Waals surface area (Å²) in [5.41, 5.74) is 9.03. The molecule has 0 aliphatic carbocycles. The number of hydrogen-bond donors (Lipinski definition) is 1. The van der Waals surface area contributed by atoms with Crippen LogP contribution in [0.1, 0.15) is 28.9 Å². The number of rotatable bonds is 10. The fraction of sp³-hybridized carbons (Fsp3) is 0.474. The van der Waals surface area contributed by atoms with E-state index in [9.17, 15) is 13.2 Å². The highest BCUT2D eigenvalue weighted by Crippen LogP contribution is 2.20. The number of primary amides is 1. The number of nitrogens with two attached hydrogens (primary N) is 1. The van der Waals surface area contributed by atoms with Crippen LogP contribution in [-0.2, 0) is 27.7 Å².